The topological polar surface area (TPSA) is 77.6 Å². The van der Waals surface area contributed by atoms with Gasteiger partial charge in [-0.05, 0) is 31.4 Å². The van der Waals surface area contributed by atoms with Crippen molar-refractivity contribution < 1.29 is 9.59 Å². The Kier molecular flexibility index (Phi) is 6.84. The lowest BCUT2D eigenvalue weighted by atomic mass is 9.97. The molecule has 0 aliphatic carbocycles. The third kappa shape index (κ3) is 5.40. The van der Waals surface area contributed by atoms with Crippen LogP contribution in [0.2, 0.25) is 0 Å². The first-order valence-corrected chi connectivity index (χ1v) is 8.46. The predicted octanol–water partition coefficient (Wildman–Crippen LogP) is 1.39. The largest absolute Gasteiger partial charge is 0.384 e. The van der Waals surface area contributed by atoms with Crippen LogP contribution in [0.1, 0.15) is 19.3 Å². The van der Waals surface area contributed by atoms with Gasteiger partial charge in [0.15, 0.2) is 0 Å². The number of piperidine rings is 1. The Morgan fingerprint density at radius 3 is 2.92 bits per heavy atom. The molecule has 0 spiro atoms. The minimum atomic E-state index is -0.103. The summed E-state index contributed by atoms with van der Waals surface area (Å²) in [7, 11) is 3.47. The summed E-state index contributed by atoms with van der Waals surface area (Å²) in [5, 5.41) is 6.24. The highest BCUT2D eigenvalue weighted by molar-refractivity contribution is 5.80. The number of aromatic nitrogens is 1. The van der Waals surface area contributed by atoms with Gasteiger partial charge in [0, 0.05) is 52.7 Å². The summed E-state index contributed by atoms with van der Waals surface area (Å²) in [5.74, 6) is -0.0541. The van der Waals surface area contributed by atoms with E-state index in [9.17, 15) is 9.59 Å². The van der Waals surface area contributed by atoms with E-state index >= 15 is 0 Å². The SMILES string of the molecule is CN(C)C(=O)N1CCC[C@@H](C(=O)NCCCNc2cccnc2)C1. The molecule has 1 fully saturated rings. The molecule has 0 bridgehead atoms. The second kappa shape index (κ2) is 9.10. The molecule has 2 N–H and O–H groups in total. The summed E-state index contributed by atoms with van der Waals surface area (Å²) in [6, 6.07) is 3.82. The maximum absolute atomic E-state index is 12.3. The fourth-order valence-corrected chi connectivity index (χ4v) is 2.79. The summed E-state index contributed by atoms with van der Waals surface area (Å²) < 4.78 is 0. The molecule has 7 nitrogen and oxygen atoms in total. The first-order valence-electron chi connectivity index (χ1n) is 8.46. The molecule has 132 valence electrons. The molecule has 7 heteroatoms. The molecule has 24 heavy (non-hydrogen) atoms. The van der Waals surface area contributed by atoms with E-state index in [1.807, 2.05) is 12.1 Å². The summed E-state index contributed by atoms with van der Waals surface area (Å²) in [5.41, 5.74) is 0.981. The zero-order valence-electron chi connectivity index (χ0n) is 14.5. The lowest BCUT2D eigenvalue weighted by Gasteiger charge is -2.33. The summed E-state index contributed by atoms with van der Waals surface area (Å²) in [6.45, 7) is 2.65. The van der Waals surface area contributed by atoms with E-state index in [1.54, 1.807) is 36.3 Å². The van der Waals surface area contributed by atoms with Crippen molar-refractivity contribution >= 4 is 17.6 Å². The summed E-state index contributed by atoms with van der Waals surface area (Å²) in [6.07, 6.45) is 6.07. The second-order valence-corrected chi connectivity index (χ2v) is 6.28. The van der Waals surface area contributed by atoms with Crippen LogP contribution in [0.4, 0.5) is 10.5 Å². The summed E-state index contributed by atoms with van der Waals surface area (Å²) >= 11 is 0. The van der Waals surface area contributed by atoms with Gasteiger partial charge in [-0.2, -0.15) is 0 Å². The molecule has 2 heterocycles. The molecule has 1 saturated heterocycles. The van der Waals surface area contributed by atoms with Crippen LogP contribution in [0.25, 0.3) is 0 Å². The van der Waals surface area contributed by atoms with Crippen molar-refractivity contribution in [2.45, 2.75) is 19.3 Å². The van der Waals surface area contributed by atoms with E-state index in [1.165, 1.54) is 0 Å². The molecule has 2 rings (SSSR count). The van der Waals surface area contributed by atoms with E-state index in [0.29, 0.717) is 13.1 Å². The Morgan fingerprint density at radius 1 is 1.38 bits per heavy atom. The Hall–Kier alpha value is -2.31. The number of anilines is 1. The molecule has 0 aromatic carbocycles. The molecule has 1 aliphatic heterocycles. The van der Waals surface area contributed by atoms with Gasteiger partial charge in [-0.3, -0.25) is 9.78 Å². The van der Waals surface area contributed by atoms with Gasteiger partial charge in [-0.1, -0.05) is 0 Å². The molecule has 1 aromatic rings. The molecular weight excluding hydrogens is 306 g/mol. The molecule has 3 amide bonds. The predicted molar refractivity (Wildman–Crippen MR) is 93.7 cm³/mol. The molecular formula is C17H27N5O2. The van der Waals surface area contributed by atoms with Crippen molar-refractivity contribution in [2.75, 3.05) is 45.6 Å². The van der Waals surface area contributed by atoms with Gasteiger partial charge in [0.05, 0.1) is 11.6 Å². The number of nitrogens with zero attached hydrogens (tertiary/aromatic N) is 3. The Morgan fingerprint density at radius 2 is 2.21 bits per heavy atom. The fourth-order valence-electron chi connectivity index (χ4n) is 2.79. The van der Waals surface area contributed by atoms with Crippen molar-refractivity contribution in [3.05, 3.63) is 24.5 Å². The maximum atomic E-state index is 12.3. The van der Waals surface area contributed by atoms with Crippen LogP contribution >= 0.6 is 0 Å². The maximum Gasteiger partial charge on any atom is 0.319 e. The van der Waals surface area contributed by atoms with E-state index in [2.05, 4.69) is 15.6 Å². The highest BCUT2D eigenvalue weighted by atomic mass is 16.2. The molecule has 0 radical (unpaired) electrons. The number of rotatable bonds is 6. The van der Waals surface area contributed by atoms with Crippen molar-refractivity contribution in [3.8, 4) is 0 Å². The van der Waals surface area contributed by atoms with Gasteiger partial charge >= 0.3 is 6.03 Å². The van der Waals surface area contributed by atoms with Crippen molar-refractivity contribution in [3.63, 3.8) is 0 Å². The monoisotopic (exact) mass is 333 g/mol. The van der Waals surface area contributed by atoms with E-state index in [4.69, 9.17) is 0 Å². The number of likely N-dealkylation sites (tertiary alicyclic amines) is 1. The molecule has 1 atom stereocenters. The van der Waals surface area contributed by atoms with Crippen LogP contribution in [-0.4, -0.2) is 67.0 Å². The van der Waals surface area contributed by atoms with Crippen LogP contribution in [0, 0.1) is 5.92 Å². The number of pyridine rings is 1. The normalized spacial score (nSPS) is 17.2. The highest BCUT2D eigenvalue weighted by Crippen LogP contribution is 2.17. The van der Waals surface area contributed by atoms with Gasteiger partial charge in [-0.15, -0.1) is 0 Å². The van der Waals surface area contributed by atoms with Gasteiger partial charge in [0.25, 0.3) is 0 Å². The number of carbonyl (C=O) groups is 2. The first-order chi connectivity index (χ1) is 11.6. The van der Waals surface area contributed by atoms with Crippen molar-refractivity contribution in [1.82, 2.24) is 20.1 Å². The number of hydrogen-bond acceptors (Lipinski definition) is 4. The van der Waals surface area contributed by atoms with Gasteiger partial charge in [0.2, 0.25) is 5.91 Å². The lowest BCUT2D eigenvalue weighted by Crippen LogP contribution is -2.48. The molecule has 0 unspecified atom stereocenters. The first kappa shape index (κ1) is 18.0. The van der Waals surface area contributed by atoms with Gasteiger partial charge in [0.1, 0.15) is 0 Å². The molecule has 0 saturated carbocycles. The number of urea groups is 1. The zero-order valence-corrected chi connectivity index (χ0v) is 14.5. The van der Waals surface area contributed by atoms with Crippen LogP contribution in [0.15, 0.2) is 24.5 Å². The van der Waals surface area contributed by atoms with E-state index < -0.39 is 0 Å². The van der Waals surface area contributed by atoms with Crippen molar-refractivity contribution in [2.24, 2.45) is 5.92 Å². The third-order valence-electron chi connectivity index (χ3n) is 4.09. The number of hydrogen-bond donors (Lipinski definition) is 2. The Labute approximate surface area is 143 Å². The average Bonchev–Trinajstić information content (AvgIpc) is 2.61. The number of nitrogens with one attached hydrogen (secondary N) is 2. The minimum absolute atomic E-state index is 0.0202. The van der Waals surface area contributed by atoms with Crippen LogP contribution in [0.5, 0.6) is 0 Å². The standard InChI is InChI=1S/C17H27N5O2/c1-21(2)17(24)22-11-4-6-14(13-22)16(23)20-10-5-9-19-15-7-3-8-18-12-15/h3,7-8,12,14,19H,4-6,9-11,13H2,1-2H3,(H,20,23)/t14-/m1/s1. The lowest BCUT2D eigenvalue weighted by molar-refractivity contribution is -0.126. The van der Waals surface area contributed by atoms with Crippen LogP contribution in [0.3, 0.4) is 0 Å². The highest BCUT2D eigenvalue weighted by Gasteiger charge is 2.28. The van der Waals surface area contributed by atoms with E-state index in [0.717, 1.165) is 38.0 Å². The van der Waals surface area contributed by atoms with E-state index in [-0.39, 0.29) is 17.9 Å². The third-order valence-corrected chi connectivity index (χ3v) is 4.09. The Bertz CT molecular complexity index is 535. The quantitative estimate of drug-likeness (QED) is 0.771. The molecule has 1 aliphatic rings. The Balaban J connectivity index is 1.65. The van der Waals surface area contributed by atoms with Crippen LogP contribution in [-0.2, 0) is 4.79 Å². The van der Waals surface area contributed by atoms with Crippen molar-refractivity contribution in [1.29, 1.82) is 0 Å². The number of carbonyl (C=O) groups excluding carboxylic acids is 2. The minimum Gasteiger partial charge on any atom is -0.384 e. The second-order valence-electron chi connectivity index (χ2n) is 6.28. The van der Waals surface area contributed by atoms with Gasteiger partial charge < -0.3 is 20.4 Å². The zero-order chi connectivity index (χ0) is 17.4. The van der Waals surface area contributed by atoms with Crippen LogP contribution < -0.4 is 10.6 Å². The summed E-state index contributed by atoms with van der Waals surface area (Å²) in [4.78, 5) is 31.6. The average molecular weight is 333 g/mol. The molecule has 1 aromatic heterocycles. The smallest absolute Gasteiger partial charge is 0.319 e. The number of amides is 3. The van der Waals surface area contributed by atoms with Gasteiger partial charge in [-0.25, -0.2) is 4.79 Å². The fraction of sp³-hybridized carbons (Fsp3) is 0.588.